The summed E-state index contributed by atoms with van der Waals surface area (Å²) in [6.07, 6.45) is 4.73. The Morgan fingerprint density at radius 3 is 1.78 bits per heavy atom. The normalized spacial score (nSPS) is 16.3. The Bertz CT molecular complexity index is 795. The molecule has 0 amide bonds. The van der Waals surface area contributed by atoms with Gasteiger partial charge in [-0.3, -0.25) is 0 Å². The third-order valence-corrected chi connectivity index (χ3v) is 9.98. The first-order chi connectivity index (χ1) is 11.3. The molecule has 0 saturated heterocycles. The molecule has 0 aliphatic heterocycles. The minimum Gasteiger partial charge on any atom is -0.0784 e. The van der Waals surface area contributed by atoms with E-state index in [9.17, 15) is 0 Å². The Morgan fingerprint density at radius 2 is 1.17 bits per heavy atom. The predicted octanol–water partition coefficient (Wildman–Crippen LogP) is 4.23. The second-order valence-electron chi connectivity index (χ2n) is 6.40. The maximum Gasteiger partial charge on any atom is 0.126 e. The van der Waals surface area contributed by atoms with Gasteiger partial charge in [0.15, 0.2) is 0 Å². The quantitative estimate of drug-likeness (QED) is 0.635. The van der Waals surface area contributed by atoms with Gasteiger partial charge in [0.25, 0.3) is 0 Å². The second-order valence-corrected chi connectivity index (χ2v) is 10.6. The van der Waals surface area contributed by atoms with Gasteiger partial charge in [-0.25, -0.2) is 0 Å². The Labute approximate surface area is 139 Å². The van der Waals surface area contributed by atoms with Gasteiger partial charge >= 0.3 is 0 Å². The molecule has 0 saturated carbocycles. The van der Waals surface area contributed by atoms with Crippen molar-refractivity contribution in [3.8, 4) is 0 Å². The summed E-state index contributed by atoms with van der Waals surface area (Å²) in [6.45, 7) is 2.51. The SMILES string of the molecule is C[Si](c1ccccc1)(c1ccccc1)C1C=Cc2ccccc21. The van der Waals surface area contributed by atoms with Crippen LogP contribution in [-0.4, -0.2) is 8.07 Å². The summed E-state index contributed by atoms with van der Waals surface area (Å²) in [4.78, 5) is 0. The molecule has 1 heteroatoms. The molecule has 4 rings (SSSR count). The van der Waals surface area contributed by atoms with E-state index in [4.69, 9.17) is 0 Å². The van der Waals surface area contributed by atoms with Gasteiger partial charge < -0.3 is 0 Å². The van der Waals surface area contributed by atoms with Gasteiger partial charge in [-0.1, -0.05) is 114 Å². The van der Waals surface area contributed by atoms with E-state index >= 15 is 0 Å². The number of benzene rings is 3. The van der Waals surface area contributed by atoms with Crippen LogP contribution >= 0.6 is 0 Å². The van der Waals surface area contributed by atoms with Gasteiger partial charge in [0.2, 0.25) is 0 Å². The van der Waals surface area contributed by atoms with Gasteiger partial charge in [-0.05, 0) is 11.1 Å². The van der Waals surface area contributed by atoms with E-state index < -0.39 is 8.07 Å². The molecule has 0 nitrogen and oxygen atoms in total. The molecule has 3 aromatic carbocycles. The van der Waals surface area contributed by atoms with Gasteiger partial charge in [-0.15, -0.1) is 0 Å². The topological polar surface area (TPSA) is 0 Å². The zero-order valence-corrected chi connectivity index (χ0v) is 14.3. The maximum absolute atomic E-state index is 2.51. The molecule has 1 aliphatic rings. The van der Waals surface area contributed by atoms with Crippen LogP contribution in [0.25, 0.3) is 6.08 Å². The average Bonchev–Trinajstić information content (AvgIpc) is 3.07. The highest BCUT2D eigenvalue weighted by molar-refractivity contribution is 7.02. The fourth-order valence-corrected chi connectivity index (χ4v) is 8.03. The average molecular weight is 312 g/mol. The monoisotopic (exact) mass is 312 g/mol. The first kappa shape index (κ1) is 14.2. The molecule has 0 aromatic heterocycles. The molecule has 0 heterocycles. The Morgan fingerprint density at radius 1 is 0.652 bits per heavy atom. The van der Waals surface area contributed by atoms with E-state index in [1.165, 1.54) is 21.5 Å². The Hall–Kier alpha value is -2.38. The van der Waals surface area contributed by atoms with E-state index in [1.54, 1.807) is 0 Å². The maximum atomic E-state index is 2.51. The lowest BCUT2D eigenvalue weighted by molar-refractivity contribution is 1.19. The molecule has 0 spiro atoms. The summed E-state index contributed by atoms with van der Waals surface area (Å²) < 4.78 is 0. The van der Waals surface area contributed by atoms with E-state index in [0.717, 1.165) is 0 Å². The summed E-state index contributed by atoms with van der Waals surface area (Å²) in [5, 5.41) is 3.00. The van der Waals surface area contributed by atoms with E-state index in [1.807, 2.05) is 0 Å². The van der Waals surface area contributed by atoms with Crippen molar-refractivity contribution in [1.29, 1.82) is 0 Å². The van der Waals surface area contributed by atoms with Gasteiger partial charge in [-0.2, -0.15) is 0 Å². The number of hydrogen-bond acceptors (Lipinski definition) is 0. The van der Waals surface area contributed by atoms with Gasteiger partial charge in [0, 0.05) is 5.54 Å². The largest absolute Gasteiger partial charge is 0.126 e. The molecule has 1 unspecified atom stereocenters. The molecule has 0 fully saturated rings. The van der Waals surface area contributed by atoms with Crippen molar-refractivity contribution in [3.63, 3.8) is 0 Å². The smallest absolute Gasteiger partial charge is 0.0784 e. The van der Waals surface area contributed by atoms with Crippen LogP contribution in [0.1, 0.15) is 16.7 Å². The molecular formula is C22H20Si. The highest BCUT2D eigenvalue weighted by atomic mass is 28.3. The van der Waals surface area contributed by atoms with Crippen molar-refractivity contribution in [2.45, 2.75) is 12.1 Å². The Balaban J connectivity index is 1.93. The highest BCUT2D eigenvalue weighted by Gasteiger charge is 2.41. The number of fused-ring (bicyclic) bond motifs is 1. The van der Waals surface area contributed by atoms with E-state index in [2.05, 4.69) is 104 Å². The standard InChI is InChI=1S/C22H20Si/c1-23(19-11-4-2-5-12-19,20-13-6-3-7-14-20)22-17-16-18-10-8-9-15-21(18)22/h2-17,22H,1H3. The summed E-state index contributed by atoms with van der Waals surface area (Å²) in [6, 6.07) is 31.0. The van der Waals surface area contributed by atoms with E-state index in [0.29, 0.717) is 5.54 Å². The summed E-state index contributed by atoms with van der Waals surface area (Å²) in [5.41, 5.74) is 3.35. The van der Waals surface area contributed by atoms with Crippen molar-refractivity contribution in [1.82, 2.24) is 0 Å². The summed E-state index contributed by atoms with van der Waals surface area (Å²) in [7, 11) is -1.91. The fraction of sp³-hybridized carbons (Fsp3) is 0.0909. The van der Waals surface area contributed by atoms with Crippen LogP contribution in [0.3, 0.4) is 0 Å². The fourth-order valence-electron chi connectivity index (χ4n) is 3.85. The van der Waals surface area contributed by atoms with Crippen LogP contribution in [0.15, 0.2) is 91.0 Å². The van der Waals surface area contributed by atoms with Gasteiger partial charge in [0.05, 0.1) is 0 Å². The van der Waals surface area contributed by atoms with Crippen molar-refractivity contribution in [2.24, 2.45) is 0 Å². The molecule has 0 radical (unpaired) electrons. The number of hydrogen-bond donors (Lipinski definition) is 0. The lowest BCUT2D eigenvalue weighted by Gasteiger charge is -2.34. The first-order valence-electron chi connectivity index (χ1n) is 8.18. The summed E-state index contributed by atoms with van der Waals surface area (Å²) >= 11 is 0. The molecular weight excluding hydrogens is 292 g/mol. The third kappa shape index (κ3) is 2.29. The van der Waals surface area contributed by atoms with Crippen LogP contribution < -0.4 is 10.4 Å². The lowest BCUT2D eigenvalue weighted by atomic mass is 10.1. The molecule has 3 aromatic rings. The lowest BCUT2D eigenvalue weighted by Crippen LogP contribution is -2.59. The summed E-state index contributed by atoms with van der Waals surface area (Å²) in [5.74, 6) is 0. The predicted molar refractivity (Wildman–Crippen MR) is 102 cm³/mol. The molecule has 112 valence electrons. The molecule has 1 aliphatic carbocycles. The number of allylic oxidation sites excluding steroid dienone is 1. The first-order valence-corrected chi connectivity index (χ1v) is 10.8. The van der Waals surface area contributed by atoms with Crippen molar-refractivity contribution in [3.05, 3.63) is 102 Å². The molecule has 1 atom stereocenters. The van der Waals surface area contributed by atoms with Crippen LogP contribution in [-0.2, 0) is 0 Å². The van der Waals surface area contributed by atoms with Gasteiger partial charge in [0.1, 0.15) is 8.07 Å². The molecule has 0 bridgehead atoms. The molecule has 0 N–H and O–H groups in total. The van der Waals surface area contributed by atoms with Crippen molar-refractivity contribution in [2.75, 3.05) is 0 Å². The van der Waals surface area contributed by atoms with Crippen LogP contribution in [0.2, 0.25) is 6.55 Å². The van der Waals surface area contributed by atoms with E-state index in [-0.39, 0.29) is 0 Å². The highest BCUT2D eigenvalue weighted by Crippen LogP contribution is 2.36. The molecule has 23 heavy (non-hydrogen) atoms. The van der Waals surface area contributed by atoms with Crippen LogP contribution in [0.5, 0.6) is 0 Å². The minimum atomic E-state index is -1.91. The van der Waals surface area contributed by atoms with Crippen molar-refractivity contribution >= 4 is 24.5 Å². The number of rotatable bonds is 3. The third-order valence-electron chi connectivity index (χ3n) is 5.17. The Kier molecular flexibility index (Phi) is 3.51. The zero-order valence-electron chi connectivity index (χ0n) is 13.3. The minimum absolute atomic E-state index is 0.489. The van der Waals surface area contributed by atoms with Crippen LogP contribution in [0.4, 0.5) is 0 Å². The second kappa shape index (κ2) is 5.67. The van der Waals surface area contributed by atoms with Crippen molar-refractivity contribution < 1.29 is 0 Å². The zero-order chi connectivity index (χ0) is 15.7. The van der Waals surface area contributed by atoms with Crippen LogP contribution in [0, 0.1) is 0 Å².